The van der Waals surface area contributed by atoms with Crippen LogP contribution >= 0.6 is 0 Å². The lowest BCUT2D eigenvalue weighted by Gasteiger charge is -2.52. The van der Waals surface area contributed by atoms with Gasteiger partial charge in [0.1, 0.15) is 13.6 Å². The number of ether oxygens (including phenoxy) is 1. The highest BCUT2D eigenvalue weighted by molar-refractivity contribution is 5.90. The molecule has 6 rings (SSSR count). The van der Waals surface area contributed by atoms with E-state index in [9.17, 15) is 9.59 Å². The molecule has 1 atom stereocenters. The summed E-state index contributed by atoms with van der Waals surface area (Å²) in [6.45, 7) is 3.05. The average molecular weight is 514 g/mol. The molecule has 1 aromatic carbocycles. The van der Waals surface area contributed by atoms with Gasteiger partial charge in [-0.15, -0.1) is 0 Å². The number of esters is 1. The Labute approximate surface area is 220 Å². The average Bonchev–Trinajstić information content (AvgIpc) is 3.12. The van der Waals surface area contributed by atoms with Crippen molar-refractivity contribution in [3.63, 3.8) is 0 Å². The molecular weight excluding hydrogens is 476 g/mol. The van der Waals surface area contributed by atoms with Gasteiger partial charge in [0.05, 0.1) is 24.7 Å². The van der Waals surface area contributed by atoms with Crippen molar-refractivity contribution in [1.29, 1.82) is 0 Å². The Bertz CT molecular complexity index is 1050. The molecule has 1 N–H and O–H groups in total. The Morgan fingerprint density at radius 3 is 2.47 bits per heavy atom. The van der Waals surface area contributed by atoms with E-state index in [0.29, 0.717) is 22.8 Å². The Hall–Kier alpha value is -2.51. The molecule has 4 aliphatic rings. The maximum Gasteiger partial charge on any atom is 0.317 e. The molecule has 8 heteroatoms. The van der Waals surface area contributed by atoms with Gasteiger partial charge in [-0.05, 0) is 18.4 Å². The quantitative estimate of drug-likeness (QED) is 0.261. The van der Waals surface area contributed by atoms with E-state index in [0.717, 1.165) is 63.7 Å². The van der Waals surface area contributed by atoms with Crippen molar-refractivity contribution in [2.75, 3.05) is 31.5 Å². The predicted octanol–water partition coefficient (Wildman–Crippen LogP) is 0.293. The maximum absolute atomic E-state index is 13.9. The van der Waals surface area contributed by atoms with E-state index in [-0.39, 0.29) is 30.4 Å². The monoisotopic (exact) mass is 513 g/mol. The lowest BCUT2D eigenvalue weighted by molar-refractivity contribution is -0.939. The van der Waals surface area contributed by atoms with Crippen LogP contribution in [0.15, 0.2) is 48.9 Å². The maximum atomic E-state index is 13.9. The Morgan fingerprint density at radius 2 is 1.81 bits per heavy atom. The molecule has 0 radical (unpaired) electrons. The van der Waals surface area contributed by atoms with Crippen LogP contribution in [0.25, 0.3) is 0 Å². The third-order valence-corrected chi connectivity index (χ3v) is 8.56. The number of anilines is 1. The smallest absolute Gasteiger partial charge is 0.317 e. The number of rotatable bonds is 6. The molecule has 4 fully saturated rings. The number of aromatic nitrogens is 2. The lowest BCUT2D eigenvalue weighted by Crippen LogP contribution is -3.00. The Kier molecular flexibility index (Phi) is 8.30. The number of piperidine rings is 3. The number of nitrogens with zero attached hydrogens (tertiary/aromatic N) is 3. The van der Waals surface area contributed by atoms with Crippen LogP contribution in [0.5, 0.6) is 0 Å². The van der Waals surface area contributed by atoms with Crippen molar-refractivity contribution >= 4 is 17.7 Å². The van der Waals surface area contributed by atoms with Gasteiger partial charge in [0.15, 0.2) is 24.7 Å². The largest absolute Gasteiger partial charge is 1.00 e. The number of carbonyl (C=O) groups is 2. The van der Waals surface area contributed by atoms with E-state index in [1.165, 1.54) is 12.8 Å². The minimum Gasteiger partial charge on any atom is -1.00 e. The van der Waals surface area contributed by atoms with E-state index >= 15 is 0 Å². The zero-order chi connectivity index (χ0) is 24.3. The molecule has 2 bridgehead atoms. The predicted molar refractivity (Wildman–Crippen MR) is 132 cm³/mol. The normalized spacial score (nSPS) is 26.8. The summed E-state index contributed by atoms with van der Waals surface area (Å²) in [7, 11) is 1.91. The van der Waals surface area contributed by atoms with Gasteiger partial charge >= 0.3 is 5.97 Å². The number of quaternary nitrogens is 1. The number of halogens is 1. The summed E-state index contributed by atoms with van der Waals surface area (Å²) < 4.78 is 8.98. The van der Waals surface area contributed by atoms with Gasteiger partial charge in [-0.3, -0.25) is 9.59 Å². The zero-order valence-corrected chi connectivity index (χ0v) is 22.0. The Morgan fingerprint density at radius 1 is 1.11 bits per heavy atom. The number of nitrogens with one attached hydrogen (secondary N) is 1. The highest BCUT2D eigenvalue weighted by Gasteiger charge is 2.51. The molecule has 0 unspecified atom stereocenters. The summed E-state index contributed by atoms with van der Waals surface area (Å²) in [6, 6.07) is 10.3. The molecule has 194 valence electrons. The lowest BCUT2D eigenvalue weighted by atomic mass is 9.74. The summed E-state index contributed by atoms with van der Waals surface area (Å²) in [6.07, 6.45) is 13.4. The van der Waals surface area contributed by atoms with E-state index in [1.54, 1.807) is 12.4 Å². The van der Waals surface area contributed by atoms with E-state index in [2.05, 4.69) is 22.4 Å². The zero-order valence-electron chi connectivity index (χ0n) is 21.2. The number of hydrogen-bond donors (Lipinski definition) is 1. The number of fused-ring (bicyclic) bond motifs is 3. The van der Waals surface area contributed by atoms with E-state index < -0.39 is 5.41 Å². The van der Waals surface area contributed by atoms with Crippen molar-refractivity contribution in [2.45, 2.75) is 62.9 Å². The van der Waals surface area contributed by atoms with E-state index in [1.807, 2.05) is 36.0 Å². The van der Waals surface area contributed by atoms with Crippen molar-refractivity contribution in [3.05, 3.63) is 54.5 Å². The topological polar surface area (TPSA) is 72.2 Å². The highest BCUT2D eigenvalue weighted by atomic mass is 35.5. The fourth-order valence-electron chi connectivity index (χ4n) is 6.57. The third kappa shape index (κ3) is 5.57. The number of amides is 1. The highest BCUT2D eigenvalue weighted by Crippen LogP contribution is 2.42. The fourth-order valence-corrected chi connectivity index (χ4v) is 6.57. The molecule has 3 saturated heterocycles. The van der Waals surface area contributed by atoms with Gasteiger partial charge in [0.25, 0.3) is 5.91 Å². The standard InChI is InChI=1S/C28H37N4O3.ClH/c1-31-16-15-29-25(19-31)30-26(33)21-32-17-11-22(12-18-32)24(20-32)35-27(34)28(13-7-2-3-8-14-28)23-9-5-4-6-10-23;/h4-6,9-10,15-16,19,22,24H,2-3,7-8,11-14,17-18,20-21H2,1H3;1H/q+1;/t22?,24-,32?;/m0./s1. The van der Waals surface area contributed by atoms with Crippen LogP contribution in [0.4, 0.5) is 5.82 Å². The molecule has 1 aromatic heterocycles. The molecule has 2 aromatic rings. The van der Waals surface area contributed by atoms with Crippen LogP contribution in [0.2, 0.25) is 0 Å². The minimum absolute atomic E-state index is 0. The summed E-state index contributed by atoms with van der Waals surface area (Å²) in [5, 5.41) is 2.95. The van der Waals surface area contributed by atoms with Gasteiger partial charge in [-0.2, -0.15) is 0 Å². The Balaban J connectivity index is 0.00000304. The number of aryl methyl sites for hydroxylation is 1. The van der Waals surface area contributed by atoms with Gasteiger partial charge in [0.2, 0.25) is 6.20 Å². The molecule has 1 amide bonds. The number of hydrogen-bond acceptors (Lipinski definition) is 4. The number of carbonyl (C=O) groups excluding carboxylic acids is 2. The molecular formula is C28H38ClN4O3+. The van der Waals surface area contributed by atoms with Crippen LogP contribution in [0.1, 0.15) is 56.9 Å². The first-order valence-electron chi connectivity index (χ1n) is 13.2. The molecule has 4 heterocycles. The molecule has 7 nitrogen and oxygen atoms in total. The van der Waals surface area contributed by atoms with Gasteiger partial charge in [-0.25, -0.2) is 9.55 Å². The first-order chi connectivity index (χ1) is 17.0. The summed E-state index contributed by atoms with van der Waals surface area (Å²) in [4.78, 5) is 31.1. The summed E-state index contributed by atoms with van der Waals surface area (Å²) in [5.41, 5.74) is 0.556. The molecule has 3 aliphatic heterocycles. The van der Waals surface area contributed by atoms with Crippen LogP contribution in [-0.2, 0) is 26.8 Å². The van der Waals surface area contributed by atoms with Crippen molar-refractivity contribution in [1.82, 2.24) is 4.98 Å². The SMILES string of the molecule is C[n+]1ccnc(NC(=O)C[N+]23CCC(CC2)[C@@H](OC(=O)C2(c4ccccc4)CCCCCC2)C3)c1.[Cl-]. The van der Waals surface area contributed by atoms with Crippen LogP contribution in [0, 0.1) is 5.92 Å². The third-order valence-electron chi connectivity index (χ3n) is 8.56. The first-order valence-corrected chi connectivity index (χ1v) is 13.2. The van der Waals surface area contributed by atoms with Crippen LogP contribution < -0.4 is 22.3 Å². The van der Waals surface area contributed by atoms with Crippen molar-refractivity contribution in [2.24, 2.45) is 13.0 Å². The van der Waals surface area contributed by atoms with Crippen LogP contribution in [-0.4, -0.2) is 53.6 Å². The van der Waals surface area contributed by atoms with Gasteiger partial charge < -0.3 is 26.9 Å². The summed E-state index contributed by atoms with van der Waals surface area (Å²) >= 11 is 0. The number of benzene rings is 1. The van der Waals surface area contributed by atoms with Crippen molar-refractivity contribution in [3.8, 4) is 0 Å². The van der Waals surface area contributed by atoms with Crippen molar-refractivity contribution < 1.29 is 35.8 Å². The molecule has 0 spiro atoms. The first kappa shape index (κ1) is 26.6. The molecule has 1 aliphatic carbocycles. The van der Waals surface area contributed by atoms with Gasteiger partial charge in [0, 0.05) is 18.8 Å². The van der Waals surface area contributed by atoms with Crippen LogP contribution in [0.3, 0.4) is 0 Å². The second-order valence-corrected chi connectivity index (χ2v) is 10.9. The molecule has 36 heavy (non-hydrogen) atoms. The minimum atomic E-state index is -0.541. The van der Waals surface area contributed by atoms with Gasteiger partial charge in [-0.1, -0.05) is 56.0 Å². The fraction of sp³-hybridized carbons (Fsp3) is 0.571. The molecule has 1 saturated carbocycles. The summed E-state index contributed by atoms with van der Waals surface area (Å²) in [5.74, 6) is 0.883. The second-order valence-electron chi connectivity index (χ2n) is 10.9. The second kappa shape index (κ2) is 11.3. The van der Waals surface area contributed by atoms with E-state index in [4.69, 9.17) is 4.74 Å².